The number of amides is 1. The van der Waals surface area contributed by atoms with Gasteiger partial charge in [0.15, 0.2) is 5.69 Å². The lowest BCUT2D eigenvalue weighted by Gasteiger charge is -2.22. The lowest BCUT2D eigenvalue weighted by molar-refractivity contribution is -0.274. The second kappa shape index (κ2) is 8.41. The average Bonchev–Trinajstić information content (AvgIpc) is 3.04. The Hall–Kier alpha value is -2.26. The zero-order valence-electron chi connectivity index (χ0n) is 13.6. The molecule has 1 aliphatic heterocycles. The zero-order valence-corrected chi connectivity index (χ0v) is 14.4. The van der Waals surface area contributed by atoms with Gasteiger partial charge in [0.2, 0.25) is 0 Å². The number of rotatable bonds is 4. The Kier molecular flexibility index (Phi) is 6.49. The number of carbonyl (C=O) groups is 1. The van der Waals surface area contributed by atoms with Crippen LogP contribution in [0.25, 0.3) is 0 Å². The van der Waals surface area contributed by atoms with Crippen molar-refractivity contribution in [2.45, 2.75) is 25.2 Å². The van der Waals surface area contributed by atoms with E-state index in [4.69, 9.17) is 0 Å². The Morgan fingerprint density at radius 3 is 2.85 bits per heavy atom. The number of halogens is 4. The van der Waals surface area contributed by atoms with E-state index in [1.165, 1.54) is 12.1 Å². The van der Waals surface area contributed by atoms with Crippen LogP contribution in [0.5, 0.6) is 5.75 Å². The molecule has 1 aromatic heterocycles. The molecule has 1 unspecified atom stereocenters. The van der Waals surface area contributed by atoms with Gasteiger partial charge in [0.05, 0.1) is 6.04 Å². The minimum absolute atomic E-state index is 0. The van der Waals surface area contributed by atoms with Gasteiger partial charge in [-0.15, -0.1) is 25.6 Å². The molecule has 1 aliphatic rings. The van der Waals surface area contributed by atoms with Crippen LogP contribution < -0.4 is 15.4 Å². The van der Waals surface area contributed by atoms with Crippen LogP contribution in [0, 0.1) is 0 Å². The SMILES string of the molecule is Cl.O=C(Nc1cccc(OC(F)(F)F)c1)c1ccn(C2CCCNC2)n1. The van der Waals surface area contributed by atoms with Gasteiger partial charge in [-0.3, -0.25) is 9.48 Å². The van der Waals surface area contributed by atoms with Crippen molar-refractivity contribution in [3.05, 3.63) is 42.2 Å². The molecule has 2 aromatic rings. The van der Waals surface area contributed by atoms with Crippen molar-refractivity contribution in [3.63, 3.8) is 0 Å². The second-order valence-corrected chi connectivity index (χ2v) is 5.71. The first kappa shape index (κ1) is 20.1. The molecular formula is C16H18ClF3N4O2. The van der Waals surface area contributed by atoms with E-state index in [-0.39, 0.29) is 29.8 Å². The third-order valence-electron chi connectivity index (χ3n) is 3.81. The van der Waals surface area contributed by atoms with Gasteiger partial charge in [-0.25, -0.2) is 0 Å². The predicted molar refractivity (Wildman–Crippen MR) is 91.7 cm³/mol. The van der Waals surface area contributed by atoms with E-state index in [0.29, 0.717) is 0 Å². The fraction of sp³-hybridized carbons (Fsp3) is 0.375. The van der Waals surface area contributed by atoms with Crippen LogP contribution in [-0.2, 0) is 0 Å². The number of hydrogen-bond donors (Lipinski definition) is 2. The van der Waals surface area contributed by atoms with Crippen molar-refractivity contribution >= 4 is 24.0 Å². The van der Waals surface area contributed by atoms with Gasteiger partial charge in [0.1, 0.15) is 5.75 Å². The average molecular weight is 391 g/mol. The summed E-state index contributed by atoms with van der Waals surface area (Å²) in [5.74, 6) is -0.893. The molecule has 6 nitrogen and oxygen atoms in total. The summed E-state index contributed by atoms with van der Waals surface area (Å²) in [4.78, 5) is 12.2. The lowest BCUT2D eigenvalue weighted by atomic mass is 10.1. The van der Waals surface area contributed by atoms with Gasteiger partial charge < -0.3 is 15.4 Å². The number of hydrogen-bond acceptors (Lipinski definition) is 4. The Morgan fingerprint density at radius 2 is 2.15 bits per heavy atom. The van der Waals surface area contributed by atoms with Crippen LogP contribution >= 0.6 is 12.4 Å². The maximum Gasteiger partial charge on any atom is 0.573 e. The normalized spacial score (nSPS) is 17.3. The Balaban J connectivity index is 0.00000243. The molecule has 1 amide bonds. The van der Waals surface area contributed by atoms with E-state index in [1.54, 1.807) is 16.9 Å². The van der Waals surface area contributed by atoms with Crippen molar-refractivity contribution in [1.29, 1.82) is 0 Å². The molecule has 10 heteroatoms. The van der Waals surface area contributed by atoms with Crippen molar-refractivity contribution in [1.82, 2.24) is 15.1 Å². The summed E-state index contributed by atoms with van der Waals surface area (Å²) in [6.07, 6.45) is -1.03. The van der Waals surface area contributed by atoms with Crippen LogP contribution in [0.3, 0.4) is 0 Å². The number of anilines is 1. The van der Waals surface area contributed by atoms with Gasteiger partial charge in [-0.2, -0.15) is 5.10 Å². The molecule has 0 spiro atoms. The van der Waals surface area contributed by atoms with Gasteiger partial charge in [0, 0.05) is 24.5 Å². The van der Waals surface area contributed by atoms with Crippen molar-refractivity contribution in [2.75, 3.05) is 18.4 Å². The highest BCUT2D eigenvalue weighted by molar-refractivity contribution is 6.02. The topological polar surface area (TPSA) is 68.2 Å². The third-order valence-corrected chi connectivity index (χ3v) is 3.81. The number of alkyl halides is 3. The molecule has 2 heterocycles. The molecule has 142 valence electrons. The van der Waals surface area contributed by atoms with E-state index in [1.807, 2.05) is 0 Å². The predicted octanol–water partition coefficient (Wildman–Crippen LogP) is 3.38. The number of ether oxygens (including phenoxy) is 1. The maximum absolute atomic E-state index is 12.3. The molecule has 1 fully saturated rings. The van der Waals surface area contributed by atoms with Gasteiger partial charge in [-0.05, 0) is 37.6 Å². The highest BCUT2D eigenvalue weighted by Crippen LogP contribution is 2.25. The number of nitrogens with zero attached hydrogens (tertiary/aromatic N) is 2. The van der Waals surface area contributed by atoms with Crippen molar-refractivity contribution < 1.29 is 22.7 Å². The number of carbonyl (C=O) groups excluding carboxylic acids is 1. The number of nitrogens with one attached hydrogen (secondary N) is 2. The maximum atomic E-state index is 12.3. The molecule has 1 atom stereocenters. The molecule has 2 N–H and O–H groups in total. The van der Waals surface area contributed by atoms with Gasteiger partial charge in [0.25, 0.3) is 5.91 Å². The molecule has 3 rings (SSSR count). The molecule has 0 aliphatic carbocycles. The zero-order chi connectivity index (χ0) is 17.9. The monoisotopic (exact) mass is 390 g/mol. The lowest BCUT2D eigenvalue weighted by Crippen LogP contribution is -2.32. The number of piperidine rings is 1. The highest BCUT2D eigenvalue weighted by Gasteiger charge is 2.31. The molecule has 0 saturated carbocycles. The largest absolute Gasteiger partial charge is 0.573 e. The Bertz CT molecular complexity index is 745. The van der Waals surface area contributed by atoms with Crippen molar-refractivity contribution in [3.8, 4) is 5.75 Å². The molecule has 1 saturated heterocycles. The number of aromatic nitrogens is 2. The highest BCUT2D eigenvalue weighted by atomic mass is 35.5. The summed E-state index contributed by atoms with van der Waals surface area (Å²) < 4.78 is 42.3. The van der Waals surface area contributed by atoms with E-state index < -0.39 is 18.0 Å². The van der Waals surface area contributed by atoms with E-state index >= 15 is 0 Å². The summed E-state index contributed by atoms with van der Waals surface area (Å²) in [6.45, 7) is 1.76. The van der Waals surface area contributed by atoms with E-state index in [9.17, 15) is 18.0 Å². The summed E-state index contributed by atoms with van der Waals surface area (Å²) in [5.41, 5.74) is 0.397. The van der Waals surface area contributed by atoms with Crippen LogP contribution in [-0.4, -0.2) is 35.1 Å². The smallest absolute Gasteiger partial charge is 0.406 e. The molecule has 0 radical (unpaired) electrons. The first-order chi connectivity index (χ1) is 11.9. The van der Waals surface area contributed by atoms with Gasteiger partial charge >= 0.3 is 6.36 Å². The fourth-order valence-electron chi connectivity index (χ4n) is 2.69. The number of benzene rings is 1. The first-order valence-corrected chi connectivity index (χ1v) is 7.84. The Morgan fingerprint density at radius 1 is 1.35 bits per heavy atom. The standard InChI is InChI=1S/C16H17F3N4O2.ClH/c17-16(18,19)25-13-5-1-3-11(9-13)21-15(24)14-6-8-23(22-14)12-4-2-7-20-10-12;/h1,3,5-6,8-9,12,20H,2,4,7,10H2,(H,21,24);1H. The van der Waals surface area contributed by atoms with Crippen LogP contribution in [0.2, 0.25) is 0 Å². The van der Waals surface area contributed by atoms with E-state index in [2.05, 4.69) is 20.5 Å². The molecule has 1 aromatic carbocycles. The molecular weight excluding hydrogens is 373 g/mol. The summed E-state index contributed by atoms with van der Waals surface area (Å²) >= 11 is 0. The summed E-state index contributed by atoms with van der Waals surface area (Å²) in [7, 11) is 0. The quantitative estimate of drug-likeness (QED) is 0.839. The summed E-state index contributed by atoms with van der Waals surface area (Å²) in [6, 6.07) is 6.88. The third kappa shape index (κ3) is 5.37. The molecule has 26 heavy (non-hydrogen) atoms. The molecule has 0 bridgehead atoms. The van der Waals surface area contributed by atoms with Crippen molar-refractivity contribution in [2.24, 2.45) is 0 Å². The first-order valence-electron chi connectivity index (χ1n) is 7.84. The summed E-state index contributed by atoms with van der Waals surface area (Å²) in [5, 5.41) is 10.1. The van der Waals surface area contributed by atoms with Crippen LogP contribution in [0.1, 0.15) is 29.4 Å². The van der Waals surface area contributed by atoms with E-state index in [0.717, 1.165) is 38.1 Å². The van der Waals surface area contributed by atoms with Gasteiger partial charge in [-0.1, -0.05) is 6.07 Å². The second-order valence-electron chi connectivity index (χ2n) is 5.71. The Labute approximate surface area is 154 Å². The minimum Gasteiger partial charge on any atom is -0.406 e. The minimum atomic E-state index is -4.78. The van der Waals surface area contributed by atoms with Crippen LogP contribution in [0.15, 0.2) is 36.5 Å². The van der Waals surface area contributed by atoms with Crippen LogP contribution in [0.4, 0.5) is 18.9 Å². The fourth-order valence-corrected chi connectivity index (χ4v) is 2.69.